The monoisotopic (exact) mass is 377 g/mol. The quantitative estimate of drug-likeness (QED) is 0.824. The summed E-state index contributed by atoms with van der Waals surface area (Å²) in [4.78, 5) is 7.84. The van der Waals surface area contributed by atoms with Gasteiger partial charge in [-0.3, -0.25) is 4.68 Å². The maximum absolute atomic E-state index is 13.2. The zero-order valence-electron chi connectivity index (χ0n) is 14.8. The van der Waals surface area contributed by atoms with Crippen molar-refractivity contribution in [1.82, 2.24) is 19.7 Å². The van der Waals surface area contributed by atoms with Crippen LogP contribution in [-0.4, -0.2) is 25.8 Å². The van der Waals surface area contributed by atoms with Crippen LogP contribution in [0.5, 0.6) is 0 Å². The van der Waals surface area contributed by atoms with Crippen molar-refractivity contribution in [3.63, 3.8) is 0 Å². The van der Waals surface area contributed by atoms with Gasteiger partial charge in [0.1, 0.15) is 11.4 Å². The molecule has 7 nitrogen and oxygen atoms in total. The van der Waals surface area contributed by atoms with Gasteiger partial charge in [-0.2, -0.15) is 28.5 Å². The molecule has 2 N–H and O–H groups in total. The lowest BCUT2D eigenvalue weighted by Crippen LogP contribution is -2.15. The van der Waals surface area contributed by atoms with Crippen LogP contribution in [0, 0.1) is 23.7 Å². The molecule has 0 unspecified atom stereocenters. The van der Waals surface area contributed by atoms with Crippen LogP contribution in [0.1, 0.15) is 43.5 Å². The van der Waals surface area contributed by atoms with E-state index in [-0.39, 0.29) is 23.8 Å². The van der Waals surface area contributed by atoms with E-state index in [1.165, 1.54) is 0 Å². The van der Waals surface area contributed by atoms with Gasteiger partial charge in [0.2, 0.25) is 5.95 Å². The molecule has 10 heteroatoms. The van der Waals surface area contributed by atoms with Crippen molar-refractivity contribution in [2.45, 2.75) is 51.4 Å². The minimum Gasteiger partial charge on any atom is -0.367 e. The average Bonchev–Trinajstić information content (AvgIpc) is 3.50. The summed E-state index contributed by atoms with van der Waals surface area (Å²) in [5, 5.41) is 19.3. The molecular weight excluding hydrogens is 359 g/mol. The molecule has 2 aliphatic carbocycles. The van der Waals surface area contributed by atoms with E-state index in [9.17, 15) is 18.4 Å². The van der Waals surface area contributed by atoms with Crippen molar-refractivity contribution in [1.29, 1.82) is 5.26 Å². The number of rotatable bonds is 5. The fraction of sp³-hybridized carbons (Fsp3) is 0.529. The number of halogens is 3. The number of aromatic nitrogens is 4. The molecular formula is C17H18F3N7. The molecule has 2 atom stereocenters. The Balaban J connectivity index is 1.58. The second kappa shape index (κ2) is 5.84. The number of nitrogens with one attached hydrogen (secondary N) is 2. The van der Waals surface area contributed by atoms with E-state index in [0.29, 0.717) is 5.69 Å². The Hall–Kier alpha value is -2.83. The second-order valence-electron chi connectivity index (χ2n) is 7.33. The molecule has 2 aliphatic rings. The number of nitriles is 1. The van der Waals surface area contributed by atoms with E-state index >= 15 is 0 Å². The number of anilines is 3. The SMILES string of the molecule is Cc1c(Nc2ncc(C(F)(F)F)c(NC3CC3)n2)cnn1[C@H]1C[C@@]1(C)C#N. The summed E-state index contributed by atoms with van der Waals surface area (Å²) in [6, 6.07) is 2.30. The molecule has 2 aromatic heterocycles. The maximum Gasteiger partial charge on any atom is 0.421 e. The number of hydrogen-bond acceptors (Lipinski definition) is 6. The molecule has 2 heterocycles. The van der Waals surface area contributed by atoms with Gasteiger partial charge in [-0.1, -0.05) is 0 Å². The van der Waals surface area contributed by atoms with Crippen LogP contribution in [-0.2, 0) is 6.18 Å². The standard InChI is InChI=1S/C17H18F3N7/c1-9-12(7-23-27(9)13-5-16(13,2)8-21)25-15-22-6-11(17(18,19)20)14(26-15)24-10-3-4-10/h6-7,10,13H,3-5H2,1-2H3,(H2,22,24,25,26)/t13-,16-/m0/s1. The second-order valence-corrected chi connectivity index (χ2v) is 7.33. The number of nitrogens with zero attached hydrogens (tertiary/aromatic N) is 5. The fourth-order valence-electron chi connectivity index (χ4n) is 2.98. The van der Waals surface area contributed by atoms with Gasteiger partial charge >= 0.3 is 6.18 Å². The predicted octanol–water partition coefficient (Wildman–Crippen LogP) is 3.79. The van der Waals surface area contributed by atoms with Gasteiger partial charge in [0, 0.05) is 12.2 Å². The van der Waals surface area contributed by atoms with Gasteiger partial charge in [-0.15, -0.1) is 0 Å². The van der Waals surface area contributed by atoms with Crippen molar-refractivity contribution in [3.8, 4) is 6.07 Å². The van der Waals surface area contributed by atoms with E-state index in [0.717, 1.165) is 31.2 Å². The Morgan fingerprint density at radius 2 is 2.07 bits per heavy atom. The highest BCUT2D eigenvalue weighted by molar-refractivity contribution is 5.58. The summed E-state index contributed by atoms with van der Waals surface area (Å²) in [6.45, 7) is 3.71. The highest BCUT2D eigenvalue weighted by atomic mass is 19.4. The smallest absolute Gasteiger partial charge is 0.367 e. The molecule has 0 bridgehead atoms. The van der Waals surface area contributed by atoms with Crippen molar-refractivity contribution in [3.05, 3.63) is 23.7 Å². The largest absolute Gasteiger partial charge is 0.421 e. The van der Waals surface area contributed by atoms with E-state index in [1.54, 1.807) is 10.9 Å². The lowest BCUT2D eigenvalue weighted by molar-refractivity contribution is -0.137. The average molecular weight is 377 g/mol. The third-order valence-corrected chi connectivity index (χ3v) is 5.05. The third kappa shape index (κ3) is 3.29. The van der Waals surface area contributed by atoms with Crippen molar-refractivity contribution in [2.75, 3.05) is 10.6 Å². The first kappa shape index (κ1) is 17.6. The molecule has 142 valence electrons. The minimum absolute atomic E-state index is 0.00123. The summed E-state index contributed by atoms with van der Waals surface area (Å²) in [6.07, 6.45) is 0.208. The third-order valence-electron chi connectivity index (χ3n) is 5.05. The van der Waals surface area contributed by atoms with Crippen LogP contribution in [0.4, 0.5) is 30.6 Å². The Morgan fingerprint density at radius 1 is 1.33 bits per heavy atom. The van der Waals surface area contributed by atoms with E-state index in [1.807, 2.05) is 13.8 Å². The molecule has 2 aromatic rings. The molecule has 0 aliphatic heterocycles. The summed E-state index contributed by atoms with van der Waals surface area (Å²) in [5.41, 5.74) is 0.0638. The van der Waals surface area contributed by atoms with Gasteiger partial charge < -0.3 is 10.6 Å². The molecule has 2 saturated carbocycles. The van der Waals surface area contributed by atoms with Gasteiger partial charge in [-0.05, 0) is 33.1 Å². The molecule has 27 heavy (non-hydrogen) atoms. The number of hydrogen-bond donors (Lipinski definition) is 2. The van der Waals surface area contributed by atoms with Crippen LogP contribution < -0.4 is 10.6 Å². The Bertz CT molecular complexity index is 926. The van der Waals surface area contributed by atoms with E-state index in [2.05, 4.69) is 31.8 Å². The van der Waals surface area contributed by atoms with Crippen molar-refractivity contribution in [2.24, 2.45) is 5.41 Å². The van der Waals surface area contributed by atoms with Gasteiger partial charge in [0.15, 0.2) is 0 Å². The maximum atomic E-state index is 13.2. The molecule has 0 spiro atoms. The van der Waals surface area contributed by atoms with Crippen LogP contribution in [0.25, 0.3) is 0 Å². The first-order valence-corrected chi connectivity index (χ1v) is 8.64. The van der Waals surface area contributed by atoms with Crippen molar-refractivity contribution >= 4 is 17.5 Å². The minimum atomic E-state index is -4.52. The first-order chi connectivity index (χ1) is 12.7. The van der Waals surface area contributed by atoms with Gasteiger partial charge in [0.25, 0.3) is 0 Å². The number of alkyl halides is 3. The van der Waals surface area contributed by atoms with Gasteiger partial charge in [0.05, 0.1) is 35.1 Å². The Morgan fingerprint density at radius 3 is 2.67 bits per heavy atom. The molecule has 0 radical (unpaired) electrons. The molecule has 2 fully saturated rings. The van der Waals surface area contributed by atoms with Crippen LogP contribution in [0.2, 0.25) is 0 Å². The summed E-state index contributed by atoms with van der Waals surface area (Å²) < 4.78 is 41.3. The van der Waals surface area contributed by atoms with Crippen molar-refractivity contribution < 1.29 is 13.2 Å². The highest BCUT2D eigenvalue weighted by Crippen LogP contribution is 2.55. The summed E-state index contributed by atoms with van der Waals surface area (Å²) >= 11 is 0. The Kier molecular flexibility index (Phi) is 3.80. The summed E-state index contributed by atoms with van der Waals surface area (Å²) in [5.74, 6) is -0.153. The van der Waals surface area contributed by atoms with Crippen LogP contribution in [0.3, 0.4) is 0 Å². The lowest BCUT2D eigenvalue weighted by atomic mass is 10.2. The van der Waals surface area contributed by atoms with E-state index < -0.39 is 17.2 Å². The summed E-state index contributed by atoms with van der Waals surface area (Å²) in [7, 11) is 0. The molecule has 4 rings (SSSR count). The first-order valence-electron chi connectivity index (χ1n) is 8.64. The normalized spacial score (nSPS) is 24.4. The molecule has 0 aromatic carbocycles. The van der Waals surface area contributed by atoms with Gasteiger partial charge in [-0.25, -0.2) is 4.98 Å². The zero-order valence-corrected chi connectivity index (χ0v) is 14.8. The Labute approximate surface area is 153 Å². The van der Waals surface area contributed by atoms with E-state index in [4.69, 9.17) is 0 Å². The highest BCUT2D eigenvalue weighted by Gasteiger charge is 2.53. The molecule has 0 amide bonds. The zero-order chi connectivity index (χ0) is 19.4. The molecule has 0 saturated heterocycles. The predicted molar refractivity (Wildman–Crippen MR) is 91.3 cm³/mol. The topological polar surface area (TPSA) is 91.4 Å². The van der Waals surface area contributed by atoms with Crippen LogP contribution >= 0.6 is 0 Å². The fourth-order valence-corrected chi connectivity index (χ4v) is 2.98. The lowest BCUT2D eigenvalue weighted by Gasteiger charge is -2.14. The van der Waals surface area contributed by atoms with Crippen LogP contribution in [0.15, 0.2) is 12.4 Å².